The van der Waals surface area contributed by atoms with Crippen molar-refractivity contribution in [2.24, 2.45) is 5.92 Å². The van der Waals surface area contributed by atoms with Crippen LogP contribution in [0.5, 0.6) is 0 Å². The minimum atomic E-state index is -4.38. The molecule has 5 rings (SSSR count). The average molecular weight is 590 g/mol. The minimum Gasteiger partial charge on any atom is -0.368 e. The summed E-state index contributed by atoms with van der Waals surface area (Å²) in [6.07, 6.45) is -2.10. The second kappa shape index (κ2) is 12.3. The molecule has 0 aliphatic carbocycles. The number of carbonyl (C=O) groups excluding carboxylic acids is 1. The third-order valence-electron chi connectivity index (χ3n) is 7.44. The Morgan fingerprint density at radius 1 is 0.950 bits per heavy atom. The number of halogens is 4. The molecule has 0 unspecified atom stereocenters. The highest BCUT2D eigenvalue weighted by Gasteiger charge is 2.31. The predicted octanol–water partition coefficient (Wildman–Crippen LogP) is 6.64. The highest BCUT2D eigenvalue weighted by atomic mass is 35.5. The van der Waals surface area contributed by atoms with E-state index in [2.05, 4.69) is 16.8 Å². The number of piperidine rings is 1. The maximum Gasteiger partial charge on any atom is 0.416 e. The fraction of sp³-hybridized carbons (Fsp3) is 0.414. The van der Waals surface area contributed by atoms with Gasteiger partial charge in [-0.2, -0.15) is 13.2 Å². The van der Waals surface area contributed by atoms with E-state index in [4.69, 9.17) is 16.6 Å². The van der Waals surface area contributed by atoms with Crippen LogP contribution < -0.4 is 9.80 Å². The van der Waals surface area contributed by atoms with Crippen molar-refractivity contribution in [1.29, 1.82) is 0 Å². The Morgan fingerprint density at radius 2 is 1.65 bits per heavy atom. The zero-order valence-corrected chi connectivity index (χ0v) is 23.8. The minimum absolute atomic E-state index is 0.0819. The summed E-state index contributed by atoms with van der Waals surface area (Å²) in [5.41, 5.74) is 1.47. The van der Waals surface area contributed by atoms with Crippen molar-refractivity contribution in [1.82, 2.24) is 14.9 Å². The number of amides is 1. The summed E-state index contributed by atoms with van der Waals surface area (Å²) in [7, 11) is 0. The molecule has 40 heavy (non-hydrogen) atoms. The second-order valence-electron chi connectivity index (χ2n) is 10.3. The molecule has 0 radical (unpaired) electrons. The summed E-state index contributed by atoms with van der Waals surface area (Å²) in [5.74, 6) is 2.15. The Labute approximate surface area is 241 Å². The predicted molar refractivity (Wildman–Crippen MR) is 153 cm³/mol. The molecule has 2 saturated heterocycles. The smallest absolute Gasteiger partial charge is 0.368 e. The van der Waals surface area contributed by atoms with Crippen LogP contribution in [0.25, 0.3) is 0 Å². The summed E-state index contributed by atoms with van der Waals surface area (Å²) < 4.78 is 39.2. The highest BCUT2D eigenvalue weighted by molar-refractivity contribution is 7.98. The van der Waals surface area contributed by atoms with Gasteiger partial charge in [-0.25, -0.2) is 9.97 Å². The molecule has 11 heteroatoms. The van der Waals surface area contributed by atoms with Gasteiger partial charge in [0.2, 0.25) is 0 Å². The second-order valence-corrected chi connectivity index (χ2v) is 11.6. The summed E-state index contributed by atoms with van der Waals surface area (Å²) in [6, 6.07) is 14.6. The van der Waals surface area contributed by atoms with Crippen LogP contribution in [-0.2, 0) is 11.9 Å². The molecule has 0 spiro atoms. The number of piperazine rings is 1. The largest absolute Gasteiger partial charge is 0.416 e. The van der Waals surface area contributed by atoms with E-state index in [1.807, 2.05) is 35.2 Å². The van der Waals surface area contributed by atoms with E-state index in [1.165, 1.54) is 17.8 Å². The van der Waals surface area contributed by atoms with Gasteiger partial charge in [0.05, 0.1) is 5.56 Å². The molecule has 0 saturated carbocycles. The normalized spacial score (nSPS) is 16.9. The molecule has 2 aliphatic rings. The lowest BCUT2D eigenvalue weighted by molar-refractivity contribution is -0.137. The molecule has 212 valence electrons. The lowest BCUT2D eigenvalue weighted by atomic mass is 9.99. The Morgan fingerprint density at radius 3 is 2.33 bits per heavy atom. The lowest BCUT2D eigenvalue weighted by Crippen LogP contribution is -2.48. The summed E-state index contributed by atoms with van der Waals surface area (Å²) >= 11 is 7.80. The van der Waals surface area contributed by atoms with Gasteiger partial charge in [-0.1, -0.05) is 48.5 Å². The van der Waals surface area contributed by atoms with Crippen LogP contribution in [0.1, 0.15) is 41.3 Å². The number of anilines is 2. The number of hydrogen-bond donors (Lipinski definition) is 0. The Balaban J connectivity index is 1.14. The van der Waals surface area contributed by atoms with Crippen molar-refractivity contribution in [2.75, 3.05) is 49.1 Å². The molecule has 0 N–H and O–H groups in total. The topological polar surface area (TPSA) is 52.6 Å². The number of alkyl halides is 3. The average Bonchev–Trinajstić information content (AvgIpc) is 2.96. The molecule has 0 atom stereocenters. The van der Waals surface area contributed by atoms with E-state index in [9.17, 15) is 18.0 Å². The van der Waals surface area contributed by atoms with E-state index in [0.29, 0.717) is 53.5 Å². The molecule has 2 aromatic carbocycles. The van der Waals surface area contributed by atoms with Crippen molar-refractivity contribution in [2.45, 2.75) is 36.9 Å². The molecule has 3 aromatic rings. The first-order valence-corrected chi connectivity index (χ1v) is 14.7. The SMILES string of the molecule is CC1CCN(c2cc(Cl)nc(SCc3ccc(C(=O)N4CCN(c5cccc(C(F)(F)F)c5)CC4)cc3)n2)CC1. The Kier molecular flexibility index (Phi) is 8.75. The van der Waals surface area contributed by atoms with Crippen molar-refractivity contribution < 1.29 is 18.0 Å². The number of thioether (sulfide) groups is 1. The first kappa shape index (κ1) is 28.5. The fourth-order valence-electron chi connectivity index (χ4n) is 4.97. The maximum absolute atomic E-state index is 13.1. The Bertz CT molecular complexity index is 1320. The standard InChI is InChI=1S/C29H31ClF3N5OS/c1-20-9-11-37(12-10-20)26-18-25(30)34-28(35-26)40-19-21-5-7-22(8-6-21)27(39)38-15-13-36(14-16-38)24-4-2-3-23(17-24)29(31,32)33/h2-8,17-18,20H,9-16,19H2,1H3. The molecular formula is C29H31ClF3N5OS. The van der Waals surface area contributed by atoms with Crippen LogP contribution >= 0.6 is 23.4 Å². The van der Waals surface area contributed by atoms with Gasteiger partial charge in [0.15, 0.2) is 5.16 Å². The van der Waals surface area contributed by atoms with E-state index >= 15 is 0 Å². The Hall–Kier alpha value is -2.98. The third kappa shape index (κ3) is 7.01. The molecule has 6 nitrogen and oxygen atoms in total. The van der Waals surface area contributed by atoms with Crippen molar-refractivity contribution in [3.05, 3.63) is 76.4 Å². The zero-order valence-electron chi connectivity index (χ0n) is 22.2. The maximum atomic E-state index is 13.1. The van der Waals surface area contributed by atoms with Crippen LogP contribution in [0.3, 0.4) is 0 Å². The first-order chi connectivity index (χ1) is 19.2. The molecule has 1 aromatic heterocycles. The number of nitrogens with zero attached hydrogens (tertiary/aromatic N) is 5. The van der Waals surface area contributed by atoms with E-state index < -0.39 is 11.7 Å². The number of aromatic nitrogens is 2. The molecule has 2 fully saturated rings. The van der Waals surface area contributed by atoms with Crippen molar-refractivity contribution >= 4 is 40.8 Å². The van der Waals surface area contributed by atoms with E-state index in [-0.39, 0.29) is 5.91 Å². The number of rotatable bonds is 6. The van der Waals surface area contributed by atoms with Gasteiger partial charge < -0.3 is 14.7 Å². The van der Waals surface area contributed by atoms with Crippen LogP contribution in [0, 0.1) is 5.92 Å². The van der Waals surface area contributed by atoms with Crippen LogP contribution in [0.4, 0.5) is 24.7 Å². The fourth-order valence-corrected chi connectivity index (χ4v) is 6.01. The first-order valence-electron chi connectivity index (χ1n) is 13.4. The van der Waals surface area contributed by atoms with Crippen LogP contribution in [0.15, 0.2) is 59.8 Å². The van der Waals surface area contributed by atoms with Gasteiger partial charge in [-0.3, -0.25) is 4.79 Å². The van der Waals surface area contributed by atoms with Gasteiger partial charge in [0.1, 0.15) is 11.0 Å². The summed E-state index contributed by atoms with van der Waals surface area (Å²) in [6.45, 7) is 6.03. The van der Waals surface area contributed by atoms with Gasteiger partial charge >= 0.3 is 6.18 Å². The number of hydrogen-bond acceptors (Lipinski definition) is 6. The van der Waals surface area contributed by atoms with Gasteiger partial charge in [-0.05, 0) is 54.7 Å². The van der Waals surface area contributed by atoms with Crippen LogP contribution in [-0.4, -0.2) is 60.0 Å². The quantitative estimate of drug-likeness (QED) is 0.183. The monoisotopic (exact) mass is 589 g/mol. The highest BCUT2D eigenvalue weighted by Crippen LogP contribution is 2.32. The number of benzene rings is 2. The van der Waals surface area contributed by atoms with Gasteiger partial charge in [0, 0.05) is 62.3 Å². The summed E-state index contributed by atoms with van der Waals surface area (Å²) in [4.78, 5) is 28.1. The molecule has 0 bridgehead atoms. The summed E-state index contributed by atoms with van der Waals surface area (Å²) in [5, 5.41) is 1.06. The molecule has 3 heterocycles. The van der Waals surface area contributed by atoms with E-state index in [0.717, 1.165) is 55.4 Å². The lowest BCUT2D eigenvalue weighted by Gasteiger charge is -2.36. The van der Waals surface area contributed by atoms with Crippen molar-refractivity contribution in [3.63, 3.8) is 0 Å². The van der Waals surface area contributed by atoms with Crippen molar-refractivity contribution in [3.8, 4) is 0 Å². The van der Waals surface area contributed by atoms with Crippen LogP contribution in [0.2, 0.25) is 5.15 Å². The molecule has 1 amide bonds. The van der Waals surface area contributed by atoms with E-state index in [1.54, 1.807) is 11.0 Å². The van der Waals surface area contributed by atoms with Gasteiger partial charge in [0.25, 0.3) is 5.91 Å². The van der Waals surface area contributed by atoms with Gasteiger partial charge in [-0.15, -0.1) is 0 Å². The number of carbonyl (C=O) groups is 1. The molecule has 2 aliphatic heterocycles. The molecular weight excluding hydrogens is 559 g/mol. The zero-order chi connectivity index (χ0) is 28.3. The third-order valence-corrected chi connectivity index (χ3v) is 8.55.